The number of hydrogen-bond acceptors (Lipinski definition) is 6. The van der Waals surface area contributed by atoms with Crippen molar-refractivity contribution in [1.82, 2.24) is 0 Å². The maximum atomic E-state index is 12.9. The minimum absolute atomic E-state index is 0.0791. The van der Waals surface area contributed by atoms with Crippen LogP contribution in [0.4, 0.5) is 0 Å². The summed E-state index contributed by atoms with van der Waals surface area (Å²) >= 11 is 0. The molecule has 0 aromatic carbocycles. The van der Waals surface area contributed by atoms with Crippen LogP contribution in [-0.2, 0) is 28.6 Å². The molecule has 0 rings (SSSR count). The van der Waals surface area contributed by atoms with Crippen LogP contribution in [-0.4, -0.2) is 37.2 Å². The molecule has 0 fully saturated rings. The quantitative estimate of drug-likeness (QED) is 0.0261. The molecule has 1 unspecified atom stereocenters. The molecule has 0 saturated heterocycles. The normalized spacial score (nSPS) is 12.4. The zero-order chi connectivity index (χ0) is 57.1. The van der Waals surface area contributed by atoms with Gasteiger partial charge in [0, 0.05) is 19.3 Å². The van der Waals surface area contributed by atoms with Gasteiger partial charge in [-0.3, -0.25) is 14.4 Å². The lowest BCUT2D eigenvalue weighted by molar-refractivity contribution is -0.167. The fraction of sp³-hybridized carbons (Fsp3) is 0.822. The van der Waals surface area contributed by atoms with Gasteiger partial charge in [0.15, 0.2) is 6.10 Å². The monoisotopic (exact) mass is 1110 g/mol. The Labute approximate surface area is 491 Å². The third-order valence-corrected chi connectivity index (χ3v) is 15.5. The standard InChI is InChI=1S/C73H132O6/c1-4-7-10-13-16-19-22-25-28-29-30-31-32-33-34-35-36-37-38-39-40-41-42-43-46-48-51-54-57-60-63-66-72(75)78-69-70(79-73(76)67-64-61-58-55-52-49-45-27-24-21-18-15-12-9-6-3)68-77-71(74)65-62-59-56-53-50-47-44-26-23-20-17-14-11-8-5-2/h18,21-22,25-27,29-30,44-45,70H,4-17,19-20,23-24,28,31-43,46-69H2,1-3H3/b21-18-,25-22-,30-29-,44-26-,45-27-. The van der Waals surface area contributed by atoms with Crippen LogP contribution in [0.2, 0.25) is 0 Å². The fourth-order valence-electron chi connectivity index (χ4n) is 10.2. The van der Waals surface area contributed by atoms with Crippen LogP contribution < -0.4 is 0 Å². The Hall–Kier alpha value is -2.89. The lowest BCUT2D eigenvalue weighted by atomic mass is 10.0. The number of allylic oxidation sites excluding steroid dienone is 10. The molecule has 1 atom stereocenters. The summed E-state index contributed by atoms with van der Waals surface area (Å²) in [6, 6.07) is 0. The molecule has 6 heteroatoms. The summed E-state index contributed by atoms with van der Waals surface area (Å²) in [6.07, 6.45) is 86.8. The summed E-state index contributed by atoms with van der Waals surface area (Å²) in [5, 5.41) is 0. The van der Waals surface area contributed by atoms with E-state index < -0.39 is 6.10 Å². The van der Waals surface area contributed by atoms with E-state index in [1.807, 2.05) is 0 Å². The minimum Gasteiger partial charge on any atom is -0.462 e. The van der Waals surface area contributed by atoms with Gasteiger partial charge in [-0.05, 0) is 109 Å². The molecule has 0 saturated carbocycles. The molecule has 0 N–H and O–H groups in total. The fourth-order valence-corrected chi connectivity index (χ4v) is 10.2. The van der Waals surface area contributed by atoms with Crippen molar-refractivity contribution in [2.75, 3.05) is 13.2 Å². The van der Waals surface area contributed by atoms with Crippen molar-refractivity contribution in [2.24, 2.45) is 0 Å². The molecule has 6 nitrogen and oxygen atoms in total. The molecule has 0 amide bonds. The molecule has 0 heterocycles. The average Bonchev–Trinajstić information content (AvgIpc) is 3.45. The van der Waals surface area contributed by atoms with Crippen molar-refractivity contribution in [3.05, 3.63) is 60.8 Å². The van der Waals surface area contributed by atoms with Crippen LogP contribution in [0.25, 0.3) is 0 Å². The Balaban J connectivity index is 4.18. The largest absolute Gasteiger partial charge is 0.462 e. The van der Waals surface area contributed by atoms with Crippen molar-refractivity contribution in [1.29, 1.82) is 0 Å². The third-order valence-electron chi connectivity index (χ3n) is 15.5. The van der Waals surface area contributed by atoms with Gasteiger partial charge in [0.1, 0.15) is 13.2 Å². The summed E-state index contributed by atoms with van der Waals surface area (Å²) in [5.41, 5.74) is 0. The first kappa shape index (κ1) is 76.1. The van der Waals surface area contributed by atoms with Crippen LogP contribution in [0.1, 0.15) is 367 Å². The molecule has 0 aliphatic heterocycles. The van der Waals surface area contributed by atoms with E-state index in [1.165, 1.54) is 231 Å². The van der Waals surface area contributed by atoms with E-state index in [0.29, 0.717) is 19.3 Å². The number of ether oxygens (including phenoxy) is 3. The van der Waals surface area contributed by atoms with Gasteiger partial charge in [-0.15, -0.1) is 0 Å². The molecular formula is C73H132O6. The number of hydrogen-bond donors (Lipinski definition) is 0. The highest BCUT2D eigenvalue weighted by molar-refractivity contribution is 5.71. The van der Waals surface area contributed by atoms with Gasteiger partial charge in [-0.25, -0.2) is 0 Å². The van der Waals surface area contributed by atoms with Gasteiger partial charge in [0.25, 0.3) is 0 Å². The van der Waals surface area contributed by atoms with Crippen molar-refractivity contribution < 1.29 is 28.6 Å². The van der Waals surface area contributed by atoms with Gasteiger partial charge in [-0.1, -0.05) is 300 Å². The van der Waals surface area contributed by atoms with Gasteiger partial charge in [-0.2, -0.15) is 0 Å². The molecule has 0 aliphatic rings. The van der Waals surface area contributed by atoms with Gasteiger partial charge in [0.2, 0.25) is 0 Å². The van der Waals surface area contributed by atoms with Crippen LogP contribution in [0.5, 0.6) is 0 Å². The summed E-state index contributed by atoms with van der Waals surface area (Å²) in [5.74, 6) is -0.882. The smallest absolute Gasteiger partial charge is 0.306 e. The topological polar surface area (TPSA) is 78.9 Å². The van der Waals surface area contributed by atoms with Crippen LogP contribution in [0.3, 0.4) is 0 Å². The molecule has 79 heavy (non-hydrogen) atoms. The van der Waals surface area contributed by atoms with Crippen molar-refractivity contribution in [2.45, 2.75) is 374 Å². The first-order chi connectivity index (χ1) is 39.0. The Morgan fingerprint density at radius 1 is 0.253 bits per heavy atom. The molecule has 0 bridgehead atoms. The van der Waals surface area contributed by atoms with E-state index in [9.17, 15) is 14.4 Å². The van der Waals surface area contributed by atoms with Crippen molar-refractivity contribution >= 4 is 17.9 Å². The second-order valence-corrected chi connectivity index (χ2v) is 23.4. The first-order valence-electron chi connectivity index (χ1n) is 34.8. The predicted molar refractivity (Wildman–Crippen MR) is 344 cm³/mol. The number of carbonyl (C=O) groups excluding carboxylic acids is 3. The molecule has 0 spiro atoms. The van der Waals surface area contributed by atoms with Crippen LogP contribution >= 0.6 is 0 Å². The van der Waals surface area contributed by atoms with Gasteiger partial charge in [0.05, 0.1) is 0 Å². The molecule has 0 aromatic rings. The lowest BCUT2D eigenvalue weighted by Gasteiger charge is -2.18. The highest BCUT2D eigenvalue weighted by atomic mass is 16.6. The van der Waals surface area contributed by atoms with E-state index in [0.717, 1.165) is 96.3 Å². The van der Waals surface area contributed by atoms with Crippen molar-refractivity contribution in [3.63, 3.8) is 0 Å². The van der Waals surface area contributed by atoms with Crippen LogP contribution in [0.15, 0.2) is 60.8 Å². The summed E-state index contributed by atoms with van der Waals surface area (Å²) < 4.78 is 16.9. The number of unbranched alkanes of at least 4 members (excludes halogenated alkanes) is 43. The Morgan fingerprint density at radius 2 is 0.456 bits per heavy atom. The maximum Gasteiger partial charge on any atom is 0.306 e. The summed E-state index contributed by atoms with van der Waals surface area (Å²) in [6.45, 7) is 6.63. The number of rotatable bonds is 64. The number of esters is 3. The zero-order valence-corrected chi connectivity index (χ0v) is 52.9. The Kier molecular flexibility index (Phi) is 65.1. The third kappa shape index (κ3) is 65.8. The molecule has 460 valence electrons. The average molecular weight is 1110 g/mol. The van der Waals surface area contributed by atoms with Gasteiger partial charge < -0.3 is 14.2 Å². The molecule has 0 aromatic heterocycles. The maximum absolute atomic E-state index is 12.9. The van der Waals surface area contributed by atoms with E-state index in [-0.39, 0.29) is 31.1 Å². The van der Waals surface area contributed by atoms with E-state index >= 15 is 0 Å². The van der Waals surface area contributed by atoms with E-state index in [2.05, 4.69) is 81.5 Å². The SMILES string of the molecule is CCCCC/C=C\C/C=C\CCCCCCCC(=O)OC(COC(=O)CCCCCCC/C=C\CCCCCCCC)COC(=O)CCCCCCCCCCCCCCCCCCCCC/C=C\C/C=C\CCCCCCC. The van der Waals surface area contributed by atoms with Crippen LogP contribution in [0, 0.1) is 0 Å². The highest BCUT2D eigenvalue weighted by Gasteiger charge is 2.19. The summed E-state index contributed by atoms with van der Waals surface area (Å²) in [4.78, 5) is 38.3. The second-order valence-electron chi connectivity index (χ2n) is 23.4. The summed E-state index contributed by atoms with van der Waals surface area (Å²) in [7, 11) is 0. The Bertz CT molecular complexity index is 1410. The molecular weight excluding hydrogens is 973 g/mol. The zero-order valence-electron chi connectivity index (χ0n) is 52.9. The Morgan fingerprint density at radius 3 is 0.734 bits per heavy atom. The minimum atomic E-state index is -0.784. The molecule has 0 radical (unpaired) electrons. The van der Waals surface area contributed by atoms with E-state index in [4.69, 9.17) is 14.2 Å². The number of carbonyl (C=O) groups is 3. The molecule has 0 aliphatic carbocycles. The highest BCUT2D eigenvalue weighted by Crippen LogP contribution is 2.17. The van der Waals surface area contributed by atoms with Gasteiger partial charge >= 0.3 is 17.9 Å². The van der Waals surface area contributed by atoms with E-state index in [1.54, 1.807) is 0 Å². The first-order valence-corrected chi connectivity index (χ1v) is 34.8. The lowest BCUT2D eigenvalue weighted by Crippen LogP contribution is -2.30. The predicted octanol–water partition coefficient (Wildman–Crippen LogP) is 23.9. The van der Waals surface area contributed by atoms with Crippen molar-refractivity contribution in [3.8, 4) is 0 Å². The second kappa shape index (κ2) is 67.6.